The van der Waals surface area contributed by atoms with Gasteiger partial charge >= 0.3 is 12.4 Å². The number of rotatable bonds is 7. The zero-order valence-corrected chi connectivity index (χ0v) is 12.7. The largest absolute Gasteiger partial charge is 0.390 e. The molecule has 11 heteroatoms. The molecule has 0 aromatic carbocycles. The van der Waals surface area contributed by atoms with Crippen LogP contribution in [0, 0.1) is 5.41 Å². The topological polar surface area (TPSA) is 70.2 Å². The van der Waals surface area contributed by atoms with E-state index in [4.69, 9.17) is 0 Å². The van der Waals surface area contributed by atoms with E-state index in [-0.39, 0.29) is 19.4 Å². The number of nitrogens with one attached hydrogen (secondary N) is 3. The van der Waals surface area contributed by atoms with Gasteiger partial charge in [0.05, 0.1) is 18.3 Å². The molecule has 0 aliphatic carbocycles. The van der Waals surface area contributed by atoms with Crippen molar-refractivity contribution in [2.45, 2.75) is 38.0 Å². The Hall–Kier alpha value is -1.52. The van der Waals surface area contributed by atoms with Crippen molar-refractivity contribution in [3.8, 4) is 0 Å². The molecule has 0 spiro atoms. The van der Waals surface area contributed by atoms with Crippen molar-refractivity contribution in [3.63, 3.8) is 0 Å². The van der Waals surface area contributed by atoms with Gasteiger partial charge in [0.1, 0.15) is 0 Å². The Labute approximate surface area is 134 Å². The van der Waals surface area contributed by atoms with E-state index in [0.717, 1.165) is 0 Å². The van der Waals surface area contributed by atoms with Gasteiger partial charge in [0.2, 0.25) is 11.8 Å². The van der Waals surface area contributed by atoms with E-state index >= 15 is 0 Å². The molecule has 0 saturated carbocycles. The van der Waals surface area contributed by atoms with Gasteiger partial charge in [-0.3, -0.25) is 9.59 Å². The molecule has 3 N–H and O–H groups in total. The Balaban J connectivity index is 2.52. The first kappa shape index (κ1) is 20.5. The maximum atomic E-state index is 12.1. The van der Waals surface area contributed by atoms with Crippen LogP contribution in [0.3, 0.4) is 0 Å². The molecule has 1 unspecified atom stereocenters. The molecule has 1 rings (SSSR count). The van der Waals surface area contributed by atoms with Crippen molar-refractivity contribution in [1.29, 1.82) is 0 Å². The van der Waals surface area contributed by atoms with E-state index in [9.17, 15) is 35.9 Å². The lowest BCUT2D eigenvalue weighted by molar-refractivity contribution is -0.142. The van der Waals surface area contributed by atoms with Crippen molar-refractivity contribution in [3.05, 3.63) is 0 Å². The summed E-state index contributed by atoms with van der Waals surface area (Å²) in [5.41, 5.74) is -1.24. The number of carbonyl (C=O) groups is 2. The zero-order valence-electron chi connectivity index (χ0n) is 12.7. The highest BCUT2D eigenvalue weighted by molar-refractivity contribution is 5.89. The van der Waals surface area contributed by atoms with E-state index in [2.05, 4.69) is 16.0 Å². The highest BCUT2D eigenvalue weighted by atomic mass is 19.4. The molecule has 24 heavy (non-hydrogen) atoms. The van der Waals surface area contributed by atoms with Crippen LogP contribution in [0.2, 0.25) is 0 Å². The second-order valence-electron chi connectivity index (χ2n) is 5.72. The Morgan fingerprint density at radius 2 is 1.50 bits per heavy atom. The van der Waals surface area contributed by atoms with E-state index in [1.807, 2.05) is 0 Å². The maximum Gasteiger partial charge on any atom is 0.390 e. The molecule has 5 nitrogen and oxygen atoms in total. The molecule has 2 amide bonds. The molecule has 1 heterocycles. The molecule has 0 aromatic rings. The standard InChI is InChI=1S/C13H19F6N3O2/c14-12(15,16)2-5-21-9(23)7-11(1-4-20-8-11)10(24)22-6-3-13(17,18)19/h20H,1-8H2,(H,21,23)(H,22,24). The second-order valence-corrected chi connectivity index (χ2v) is 5.72. The number of amides is 2. The third-order valence-electron chi connectivity index (χ3n) is 3.65. The van der Waals surface area contributed by atoms with Gasteiger partial charge in [-0.1, -0.05) is 0 Å². The molecule has 0 aromatic heterocycles. The number of hydrogen-bond donors (Lipinski definition) is 3. The summed E-state index contributed by atoms with van der Waals surface area (Å²) >= 11 is 0. The minimum Gasteiger partial charge on any atom is -0.356 e. The molecule has 140 valence electrons. The summed E-state index contributed by atoms with van der Waals surface area (Å²) in [6.07, 6.45) is -11.4. The van der Waals surface area contributed by atoms with Crippen LogP contribution < -0.4 is 16.0 Å². The highest BCUT2D eigenvalue weighted by Crippen LogP contribution is 2.30. The molecule has 1 aliphatic rings. The summed E-state index contributed by atoms with van der Waals surface area (Å²) in [7, 11) is 0. The first-order valence-corrected chi connectivity index (χ1v) is 7.33. The second kappa shape index (κ2) is 8.04. The van der Waals surface area contributed by atoms with Gasteiger partial charge in [0, 0.05) is 26.1 Å². The van der Waals surface area contributed by atoms with E-state index in [1.165, 1.54) is 0 Å². The smallest absolute Gasteiger partial charge is 0.356 e. The number of halogens is 6. The maximum absolute atomic E-state index is 12.1. The Kier molecular flexibility index (Phi) is 6.87. The Morgan fingerprint density at radius 1 is 0.958 bits per heavy atom. The predicted molar refractivity (Wildman–Crippen MR) is 71.9 cm³/mol. The quantitative estimate of drug-likeness (QED) is 0.601. The molecule has 1 fully saturated rings. The van der Waals surface area contributed by atoms with Crippen LogP contribution in [0.1, 0.15) is 25.7 Å². The van der Waals surface area contributed by atoms with E-state index in [0.29, 0.717) is 6.54 Å². The van der Waals surface area contributed by atoms with Gasteiger partial charge < -0.3 is 16.0 Å². The van der Waals surface area contributed by atoms with Crippen LogP contribution in [0.25, 0.3) is 0 Å². The minimum absolute atomic E-state index is 0.0809. The lowest BCUT2D eigenvalue weighted by Gasteiger charge is -2.26. The summed E-state index contributed by atoms with van der Waals surface area (Å²) in [4.78, 5) is 23.9. The third kappa shape index (κ3) is 7.37. The van der Waals surface area contributed by atoms with Gasteiger partial charge in [-0.2, -0.15) is 26.3 Å². The molecule has 1 saturated heterocycles. The normalized spacial score (nSPS) is 21.6. The Bertz CT molecular complexity index is 444. The van der Waals surface area contributed by atoms with Crippen LogP contribution in [0.15, 0.2) is 0 Å². The summed E-state index contributed by atoms with van der Waals surface area (Å²) in [5.74, 6) is -1.45. The van der Waals surface area contributed by atoms with Crippen molar-refractivity contribution in [2.75, 3.05) is 26.2 Å². The molecule has 1 aliphatic heterocycles. The van der Waals surface area contributed by atoms with E-state index < -0.39 is 55.5 Å². The first-order chi connectivity index (χ1) is 10.9. The average Bonchev–Trinajstić information content (AvgIpc) is 2.85. The average molecular weight is 363 g/mol. The zero-order chi connectivity index (χ0) is 18.4. The van der Waals surface area contributed by atoms with Crippen LogP contribution in [-0.4, -0.2) is 50.3 Å². The fraction of sp³-hybridized carbons (Fsp3) is 0.846. The molecular weight excluding hydrogens is 344 g/mol. The predicted octanol–water partition coefficient (Wildman–Crippen LogP) is 1.49. The molecule has 1 atom stereocenters. The number of carbonyl (C=O) groups excluding carboxylic acids is 2. The summed E-state index contributed by atoms with van der Waals surface area (Å²) in [6.45, 7) is -0.749. The summed E-state index contributed by atoms with van der Waals surface area (Å²) < 4.78 is 72.4. The number of hydrogen-bond acceptors (Lipinski definition) is 3. The van der Waals surface area contributed by atoms with Crippen LogP contribution in [0.5, 0.6) is 0 Å². The lowest BCUT2D eigenvalue weighted by Crippen LogP contribution is -2.46. The third-order valence-corrected chi connectivity index (χ3v) is 3.65. The number of alkyl halides is 6. The van der Waals surface area contributed by atoms with Gasteiger partial charge in [0.15, 0.2) is 0 Å². The molecule has 0 radical (unpaired) electrons. The fourth-order valence-electron chi connectivity index (χ4n) is 2.39. The van der Waals surface area contributed by atoms with Gasteiger partial charge in [0.25, 0.3) is 0 Å². The van der Waals surface area contributed by atoms with Gasteiger partial charge in [-0.15, -0.1) is 0 Å². The SMILES string of the molecule is O=C(CC1(C(=O)NCCC(F)(F)F)CCNC1)NCCC(F)(F)F. The highest BCUT2D eigenvalue weighted by Gasteiger charge is 2.43. The van der Waals surface area contributed by atoms with Crippen molar-refractivity contribution >= 4 is 11.8 Å². The van der Waals surface area contributed by atoms with Crippen molar-refractivity contribution in [2.24, 2.45) is 5.41 Å². The van der Waals surface area contributed by atoms with Gasteiger partial charge in [-0.05, 0) is 13.0 Å². The first-order valence-electron chi connectivity index (χ1n) is 7.33. The van der Waals surface area contributed by atoms with Gasteiger partial charge in [-0.25, -0.2) is 0 Å². The fourth-order valence-corrected chi connectivity index (χ4v) is 2.39. The molecular formula is C13H19F6N3O2. The van der Waals surface area contributed by atoms with Crippen molar-refractivity contribution in [1.82, 2.24) is 16.0 Å². The minimum atomic E-state index is -4.41. The monoisotopic (exact) mass is 363 g/mol. The Morgan fingerprint density at radius 3 is 1.96 bits per heavy atom. The summed E-state index contributed by atoms with van der Waals surface area (Å²) in [6, 6.07) is 0. The van der Waals surface area contributed by atoms with Crippen molar-refractivity contribution < 1.29 is 35.9 Å². The summed E-state index contributed by atoms with van der Waals surface area (Å²) in [5, 5.41) is 7.07. The lowest BCUT2D eigenvalue weighted by atomic mass is 9.82. The molecule has 0 bridgehead atoms. The van der Waals surface area contributed by atoms with Crippen LogP contribution in [0.4, 0.5) is 26.3 Å². The van der Waals surface area contributed by atoms with Crippen LogP contribution in [-0.2, 0) is 9.59 Å². The van der Waals surface area contributed by atoms with Crippen LogP contribution >= 0.6 is 0 Å². The van der Waals surface area contributed by atoms with E-state index in [1.54, 1.807) is 0 Å².